The summed E-state index contributed by atoms with van der Waals surface area (Å²) in [5.74, 6) is 3.80. The van der Waals surface area contributed by atoms with Gasteiger partial charge in [0, 0.05) is 18.9 Å². The van der Waals surface area contributed by atoms with E-state index in [1.807, 2.05) is 26.0 Å². The van der Waals surface area contributed by atoms with Crippen LogP contribution < -0.4 is 15.4 Å². The van der Waals surface area contributed by atoms with Gasteiger partial charge in [-0.05, 0) is 37.5 Å². The summed E-state index contributed by atoms with van der Waals surface area (Å²) in [6, 6.07) is 8.32. The van der Waals surface area contributed by atoms with Crippen molar-refractivity contribution in [1.29, 1.82) is 0 Å². The van der Waals surface area contributed by atoms with E-state index in [4.69, 9.17) is 9.26 Å². The minimum Gasteiger partial charge on any atom is -0.493 e. The average Bonchev–Trinajstić information content (AvgIpc) is 3.16. The lowest BCUT2D eigenvalue weighted by Gasteiger charge is -2.18. The fourth-order valence-corrected chi connectivity index (χ4v) is 2.59. The zero-order valence-electron chi connectivity index (χ0n) is 18.9. The third kappa shape index (κ3) is 8.89. The molecule has 2 N–H and O–H groups in total. The number of aliphatic imine (C=N–C) groups is 1. The molecule has 2 rings (SSSR count). The second kappa shape index (κ2) is 13.5. The molecule has 0 radical (unpaired) electrons. The highest BCUT2D eigenvalue weighted by atomic mass is 127. The third-order valence-electron chi connectivity index (χ3n) is 4.26. The lowest BCUT2D eigenvalue weighted by atomic mass is 10.1. The van der Waals surface area contributed by atoms with Gasteiger partial charge in [-0.3, -0.25) is 4.99 Å². The van der Waals surface area contributed by atoms with Crippen LogP contribution in [0.15, 0.2) is 33.8 Å². The molecule has 7 nitrogen and oxygen atoms in total. The topological polar surface area (TPSA) is 84.6 Å². The molecule has 0 amide bonds. The lowest BCUT2D eigenvalue weighted by molar-refractivity contribution is 0.271. The number of halogens is 1. The van der Waals surface area contributed by atoms with Gasteiger partial charge < -0.3 is 19.9 Å². The van der Waals surface area contributed by atoms with Gasteiger partial charge in [-0.15, -0.1) is 24.0 Å². The fourth-order valence-electron chi connectivity index (χ4n) is 2.59. The molecule has 0 aliphatic rings. The molecule has 1 aromatic heterocycles. The van der Waals surface area contributed by atoms with Crippen LogP contribution in [-0.4, -0.2) is 35.8 Å². The Labute approximate surface area is 197 Å². The van der Waals surface area contributed by atoms with E-state index in [0.717, 1.165) is 30.7 Å². The highest BCUT2D eigenvalue weighted by Crippen LogP contribution is 2.18. The average molecular weight is 529 g/mol. The Morgan fingerprint density at radius 2 is 1.83 bits per heavy atom. The molecule has 0 aliphatic heterocycles. The summed E-state index contributed by atoms with van der Waals surface area (Å²) in [7, 11) is 0. The van der Waals surface area contributed by atoms with Crippen molar-refractivity contribution in [3.05, 3.63) is 41.5 Å². The van der Waals surface area contributed by atoms with Crippen LogP contribution in [0.1, 0.15) is 70.8 Å². The van der Waals surface area contributed by atoms with E-state index >= 15 is 0 Å². The van der Waals surface area contributed by atoms with Crippen LogP contribution in [0.5, 0.6) is 5.75 Å². The van der Waals surface area contributed by atoms with E-state index in [0.29, 0.717) is 24.8 Å². The van der Waals surface area contributed by atoms with Crippen molar-refractivity contribution in [3.8, 4) is 5.75 Å². The Balaban J connectivity index is 0.00000450. The summed E-state index contributed by atoms with van der Waals surface area (Å²) in [4.78, 5) is 9.03. The number of nitrogens with one attached hydrogen (secondary N) is 2. The molecular weight excluding hydrogens is 493 g/mol. The Bertz CT molecular complexity index is 759. The maximum Gasteiger partial charge on any atom is 0.228 e. The van der Waals surface area contributed by atoms with Gasteiger partial charge in [-0.1, -0.05) is 45.0 Å². The molecule has 168 valence electrons. The summed E-state index contributed by atoms with van der Waals surface area (Å²) >= 11 is 0. The minimum absolute atomic E-state index is 0. The molecule has 0 saturated heterocycles. The Kier molecular flexibility index (Phi) is 11.8. The van der Waals surface area contributed by atoms with Crippen LogP contribution in [0.4, 0.5) is 0 Å². The first-order chi connectivity index (χ1) is 13.9. The number of ether oxygens (including phenoxy) is 1. The van der Waals surface area contributed by atoms with E-state index in [1.54, 1.807) is 0 Å². The Morgan fingerprint density at radius 3 is 2.40 bits per heavy atom. The largest absolute Gasteiger partial charge is 0.493 e. The van der Waals surface area contributed by atoms with E-state index in [2.05, 4.69) is 65.6 Å². The molecule has 1 atom stereocenters. The van der Waals surface area contributed by atoms with Gasteiger partial charge >= 0.3 is 0 Å². The third-order valence-corrected chi connectivity index (χ3v) is 4.26. The number of hydrogen-bond donors (Lipinski definition) is 2. The molecule has 0 fully saturated rings. The van der Waals surface area contributed by atoms with Gasteiger partial charge in [0.2, 0.25) is 5.89 Å². The maximum absolute atomic E-state index is 5.76. The summed E-state index contributed by atoms with van der Waals surface area (Å²) in [5.41, 5.74) is 1.17. The first-order valence-corrected chi connectivity index (χ1v) is 10.5. The van der Waals surface area contributed by atoms with Gasteiger partial charge in [0.05, 0.1) is 19.2 Å². The maximum atomic E-state index is 5.76. The van der Waals surface area contributed by atoms with E-state index in [-0.39, 0.29) is 35.9 Å². The van der Waals surface area contributed by atoms with Crippen LogP contribution in [0.2, 0.25) is 0 Å². The molecule has 0 bridgehead atoms. The summed E-state index contributed by atoms with van der Waals surface area (Å²) in [5, 5.41) is 10.7. The first-order valence-electron chi connectivity index (χ1n) is 10.5. The number of nitrogens with zero attached hydrogens (tertiary/aromatic N) is 3. The van der Waals surface area contributed by atoms with Gasteiger partial charge in [0.25, 0.3) is 0 Å². The Morgan fingerprint density at radius 1 is 1.13 bits per heavy atom. The second-order valence-corrected chi connectivity index (χ2v) is 7.85. The van der Waals surface area contributed by atoms with Crippen molar-refractivity contribution >= 4 is 29.9 Å². The quantitative estimate of drug-likeness (QED) is 0.264. The lowest BCUT2D eigenvalue weighted by Crippen LogP contribution is -2.38. The summed E-state index contributed by atoms with van der Waals surface area (Å²) in [6.07, 6.45) is 0.618. The molecular formula is C22H36IN5O2. The number of guanidine groups is 1. The van der Waals surface area contributed by atoms with Crippen molar-refractivity contribution in [2.75, 3.05) is 19.7 Å². The SMILES string of the molecule is CCNC(=NCCc1nc(C(C)C)no1)NC(C)c1ccc(OCC(C)C)cc1.I. The van der Waals surface area contributed by atoms with Crippen molar-refractivity contribution < 1.29 is 9.26 Å². The molecule has 2 aromatic rings. The van der Waals surface area contributed by atoms with Gasteiger partial charge in [-0.25, -0.2) is 0 Å². The van der Waals surface area contributed by atoms with Gasteiger partial charge in [-0.2, -0.15) is 4.98 Å². The van der Waals surface area contributed by atoms with Crippen molar-refractivity contribution in [2.45, 2.75) is 59.9 Å². The first kappa shape index (κ1) is 26.2. The van der Waals surface area contributed by atoms with Gasteiger partial charge in [0.1, 0.15) is 5.75 Å². The molecule has 1 aromatic carbocycles. The normalized spacial score (nSPS) is 12.6. The minimum atomic E-state index is 0. The van der Waals surface area contributed by atoms with Crippen LogP contribution in [-0.2, 0) is 6.42 Å². The van der Waals surface area contributed by atoms with Gasteiger partial charge in [0.15, 0.2) is 11.8 Å². The molecule has 0 saturated carbocycles. The van der Waals surface area contributed by atoms with Crippen LogP contribution in [0.25, 0.3) is 0 Å². The molecule has 0 spiro atoms. The standard InChI is InChI=1S/C22H35N5O2.HI/c1-7-23-22(24-13-12-20-26-21(16(4)5)27-29-20)25-17(6)18-8-10-19(11-9-18)28-14-15(2)3;/h8-11,15-17H,7,12-14H2,1-6H3,(H2,23,24,25);1H. The van der Waals surface area contributed by atoms with Crippen molar-refractivity contribution in [3.63, 3.8) is 0 Å². The van der Waals surface area contributed by atoms with E-state index in [9.17, 15) is 0 Å². The molecule has 30 heavy (non-hydrogen) atoms. The van der Waals surface area contributed by atoms with Crippen molar-refractivity contribution in [2.24, 2.45) is 10.9 Å². The zero-order chi connectivity index (χ0) is 21.2. The van der Waals surface area contributed by atoms with E-state index in [1.165, 1.54) is 5.56 Å². The number of hydrogen-bond acceptors (Lipinski definition) is 5. The Hall–Kier alpha value is -1.84. The van der Waals surface area contributed by atoms with Crippen LogP contribution >= 0.6 is 24.0 Å². The fraction of sp³-hybridized carbons (Fsp3) is 0.591. The van der Waals surface area contributed by atoms with Crippen LogP contribution in [0, 0.1) is 5.92 Å². The molecule has 1 heterocycles. The zero-order valence-corrected chi connectivity index (χ0v) is 21.3. The van der Waals surface area contributed by atoms with Crippen LogP contribution in [0.3, 0.4) is 0 Å². The number of rotatable bonds is 10. The van der Waals surface area contributed by atoms with E-state index < -0.39 is 0 Å². The smallest absolute Gasteiger partial charge is 0.228 e. The highest BCUT2D eigenvalue weighted by molar-refractivity contribution is 14.0. The van der Waals surface area contributed by atoms with Crippen molar-refractivity contribution in [1.82, 2.24) is 20.8 Å². The number of benzene rings is 1. The monoisotopic (exact) mass is 529 g/mol. The molecule has 0 aliphatic carbocycles. The predicted molar refractivity (Wildman–Crippen MR) is 132 cm³/mol. The predicted octanol–water partition coefficient (Wildman–Crippen LogP) is 4.70. The number of aromatic nitrogens is 2. The molecule has 8 heteroatoms. The second-order valence-electron chi connectivity index (χ2n) is 7.85. The molecule has 1 unspecified atom stereocenters. The summed E-state index contributed by atoms with van der Waals surface area (Å²) in [6.45, 7) is 14.6. The highest BCUT2D eigenvalue weighted by Gasteiger charge is 2.11. The summed E-state index contributed by atoms with van der Waals surface area (Å²) < 4.78 is 11.0.